The van der Waals surface area contributed by atoms with E-state index in [1.165, 1.54) is 12.1 Å². The molecule has 0 radical (unpaired) electrons. The van der Waals surface area contributed by atoms with E-state index in [9.17, 15) is 14.3 Å². The van der Waals surface area contributed by atoms with Crippen LogP contribution in [0.4, 0.5) is 4.39 Å². The molecular weight excluding hydrogens is 249 g/mol. The third-order valence-electron chi connectivity index (χ3n) is 2.57. The summed E-state index contributed by atoms with van der Waals surface area (Å²) < 4.78 is 17.6. The summed E-state index contributed by atoms with van der Waals surface area (Å²) >= 11 is 0. The van der Waals surface area contributed by atoms with Crippen molar-refractivity contribution in [2.45, 2.75) is 25.9 Å². The summed E-state index contributed by atoms with van der Waals surface area (Å²) in [6.45, 7) is 2.97. The van der Waals surface area contributed by atoms with Gasteiger partial charge in [-0.3, -0.25) is 4.79 Å². The van der Waals surface area contributed by atoms with Crippen molar-refractivity contribution in [2.24, 2.45) is 0 Å². The highest BCUT2D eigenvalue weighted by Gasteiger charge is 2.10. The number of carbonyl (C=O) groups is 1. The molecule has 0 aliphatic rings. The molecule has 0 saturated carbocycles. The first-order chi connectivity index (χ1) is 9.11. The van der Waals surface area contributed by atoms with Crippen molar-refractivity contribution in [3.05, 3.63) is 35.6 Å². The molecule has 0 aromatic heterocycles. The smallest absolute Gasteiger partial charge is 0.308 e. The van der Waals surface area contributed by atoms with Crippen LogP contribution in [0.25, 0.3) is 0 Å². The van der Waals surface area contributed by atoms with Gasteiger partial charge in [-0.1, -0.05) is 12.1 Å². The fraction of sp³-hybridized carbons (Fsp3) is 0.500. The molecule has 4 nitrogen and oxygen atoms in total. The van der Waals surface area contributed by atoms with Crippen LogP contribution < -0.4 is 5.32 Å². The summed E-state index contributed by atoms with van der Waals surface area (Å²) in [4.78, 5) is 11.1. The van der Waals surface area contributed by atoms with Gasteiger partial charge in [-0.2, -0.15) is 0 Å². The lowest BCUT2D eigenvalue weighted by atomic mass is 10.1. The fourth-order valence-electron chi connectivity index (χ4n) is 1.68. The maximum Gasteiger partial charge on any atom is 0.308 e. The molecule has 5 heteroatoms. The SMILES string of the molecule is CCOC(=O)CC(O)CNCCc1cccc(F)c1. The van der Waals surface area contributed by atoms with Crippen molar-refractivity contribution >= 4 is 5.97 Å². The highest BCUT2D eigenvalue weighted by Crippen LogP contribution is 2.03. The van der Waals surface area contributed by atoms with E-state index in [0.29, 0.717) is 26.1 Å². The first-order valence-corrected chi connectivity index (χ1v) is 6.40. The fourth-order valence-corrected chi connectivity index (χ4v) is 1.68. The van der Waals surface area contributed by atoms with Gasteiger partial charge >= 0.3 is 5.97 Å². The molecule has 0 aliphatic heterocycles. The van der Waals surface area contributed by atoms with Crippen LogP contribution in [0.5, 0.6) is 0 Å². The van der Waals surface area contributed by atoms with E-state index >= 15 is 0 Å². The number of rotatable bonds is 8. The summed E-state index contributed by atoms with van der Waals surface area (Å²) in [5.41, 5.74) is 0.896. The Balaban J connectivity index is 2.15. The van der Waals surface area contributed by atoms with Crippen molar-refractivity contribution < 1.29 is 19.0 Å². The van der Waals surface area contributed by atoms with Crippen molar-refractivity contribution in [1.82, 2.24) is 5.32 Å². The van der Waals surface area contributed by atoms with Gasteiger partial charge in [0.15, 0.2) is 0 Å². The Bertz CT molecular complexity index is 398. The van der Waals surface area contributed by atoms with Gasteiger partial charge in [-0.05, 0) is 37.6 Å². The summed E-state index contributed by atoms with van der Waals surface area (Å²) in [5, 5.41) is 12.6. The van der Waals surface area contributed by atoms with E-state index in [1.807, 2.05) is 6.07 Å². The van der Waals surface area contributed by atoms with Gasteiger partial charge in [0.2, 0.25) is 0 Å². The number of hydrogen-bond acceptors (Lipinski definition) is 4. The summed E-state index contributed by atoms with van der Waals surface area (Å²) in [6, 6.07) is 6.40. The molecule has 0 saturated heterocycles. The Morgan fingerprint density at radius 1 is 1.53 bits per heavy atom. The molecule has 1 aromatic rings. The van der Waals surface area contributed by atoms with Crippen LogP contribution in [0, 0.1) is 5.82 Å². The van der Waals surface area contributed by atoms with Gasteiger partial charge in [0.1, 0.15) is 5.82 Å². The minimum Gasteiger partial charge on any atom is -0.466 e. The monoisotopic (exact) mass is 269 g/mol. The normalized spacial score (nSPS) is 12.2. The molecular formula is C14H20FNO3. The predicted molar refractivity (Wildman–Crippen MR) is 70.2 cm³/mol. The molecule has 2 N–H and O–H groups in total. The van der Waals surface area contributed by atoms with Crippen LogP contribution in [0.15, 0.2) is 24.3 Å². The van der Waals surface area contributed by atoms with Crippen molar-refractivity contribution in [1.29, 1.82) is 0 Å². The molecule has 1 aromatic carbocycles. The van der Waals surface area contributed by atoms with E-state index in [1.54, 1.807) is 13.0 Å². The molecule has 19 heavy (non-hydrogen) atoms. The zero-order chi connectivity index (χ0) is 14.1. The van der Waals surface area contributed by atoms with E-state index in [2.05, 4.69) is 5.32 Å². The largest absolute Gasteiger partial charge is 0.466 e. The van der Waals surface area contributed by atoms with Crippen molar-refractivity contribution in [2.75, 3.05) is 19.7 Å². The van der Waals surface area contributed by atoms with Crippen molar-refractivity contribution in [3.63, 3.8) is 0 Å². The third-order valence-corrected chi connectivity index (χ3v) is 2.57. The van der Waals surface area contributed by atoms with Gasteiger partial charge in [-0.15, -0.1) is 0 Å². The average Bonchev–Trinajstić information content (AvgIpc) is 2.35. The topological polar surface area (TPSA) is 58.6 Å². The molecule has 1 atom stereocenters. The molecule has 1 rings (SSSR count). The number of carbonyl (C=O) groups excluding carboxylic acids is 1. The molecule has 0 spiro atoms. The van der Waals surface area contributed by atoms with Gasteiger partial charge in [-0.25, -0.2) is 4.39 Å². The third kappa shape index (κ3) is 6.88. The number of esters is 1. The second-order valence-electron chi connectivity index (χ2n) is 4.25. The van der Waals surface area contributed by atoms with Gasteiger partial charge < -0.3 is 15.2 Å². The summed E-state index contributed by atoms with van der Waals surface area (Å²) in [5.74, 6) is -0.651. The lowest BCUT2D eigenvalue weighted by Gasteiger charge is -2.11. The highest BCUT2D eigenvalue weighted by molar-refractivity contribution is 5.69. The maximum atomic E-state index is 12.9. The molecule has 106 valence electrons. The predicted octanol–water partition coefficient (Wildman–Crippen LogP) is 1.27. The quantitative estimate of drug-likeness (QED) is 0.551. The lowest BCUT2D eigenvalue weighted by Crippen LogP contribution is -2.30. The Labute approximate surface area is 112 Å². The number of nitrogens with one attached hydrogen (secondary N) is 1. The number of ether oxygens (including phenoxy) is 1. The Kier molecular flexibility index (Phi) is 7.07. The number of halogens is 1. The Morgan fingerprint density at radius 3 is 3.00 bits per heavy atom. The van der Waals surface area contributed by atoms with E-state index in [4.69, 9.17) is 4.74 Å². The molecule has 0 bridgehead atoms. The number of aliphatic hydroxyl groups is 1. The first-order valence-electron chi connectivity index (χ1n) is 6.40. The van der Waals surface area contributed by atoms with E-state index in [0.717, 1.165) is 5.56 Å². The maximum absolute atomic E-state index is 12.9. The molecule has 1 unspecified atom stereocenters. The number of benzene rings is 1. The molecule has 0 heterocycles. The summed E-state index contributed by atoms with van der Waals surface area (Å²) in [6.07, 6.45) is -0.100. The van der Waals surface area contributed by atoms with Crippen LogP contribution in [-0.4, -0.2) is 36.9 Å². The Morgan fingerprint density at radius 2 is 2.32 bits per heavy atom. The van der Waals surface area contributed by atoms with Crippen LogP contribution in [-0.2, 0) is 16.0 Å². The minimum absolute atomic E-state index is 0.0131. The number of hydrogen-bond donors (Lipinski definition) is 2. The van der Waals surface area contributed by atoms with Crippen molar-refractivity contribution in [3.8, 4) is 0 Å². The second-order valence-corrected chi connectivity index (χ2v) is 4.25. The van der Waals surface area contributed by atoms with Crippen LogP contribution >= 0.6 is 0 Å². The van der Waals surface area contributed by atoms with Gasteiger partial charge in [0.05, 0.1) is 19.1 Å². The van der Waals surface area contributed by atoms with Gasteiger partial charge in [0.25, 0.3) is 0 Å². The first kappa shape index (κ1) is 15.6. The summed E-state index contributed by atoms with van der Waals surface area (Å²) in [7, 11) is 0. The zero-order valence-electron chi connectivity index (χ0n) is 11.1. The van der Waals surface area contributed by atoms with Gasteiger partial charge in [0, 0.05) is 6.54 Å². The standard InChI is InChI=1S/C14H20FNO3/c1-2-19-14(18)9-13(17)10-16-7-6-11-4-3-5-12(15)8-11/h3-5,8,13,16-17H,2,6-7,9-10H2,1H3. The minimum atomic E-state index is -0.758. The Hall–Kier alpha value is -1.46. The zero-order valence-corrected chi connectivity index (χ0v) is 11.1. The van der Waals surface area contributed by atoms with Crippen LogP contribution in [0.3, 0.4) is 0 Å². The van der Waals surface area contributed by atoms with Crippen LogP contribution in [0.2, 0.25) is 0 Å². The van der Waals surface area contributed by atoms with E-state index < -0.39 is 12.1 Å². The van der Waals surface area contributed by atoms with Crippen LogP contribution in [0.1, 0.15) is 18.9 Å². The number of aliphatic hydroxyl groups excluding tert-OH is 1. The molecule has 0 aliphatic carbocycles. The van der Waals surface area contributed by atoms with E-state index in [-0.39, 0.29) is 12.2 Å². The second kappa shape index (κ2) is 8.61. The molecule has 0 amide bonds. The average molecular weight is 269 g/mol. The lowest BCUT2D eigenvalue weighted by molar-refractivity contribution is -0.145. The highest BCUT2D eigenvalue weighted by atomic mass is 19.1. The molecule has 0 fully saturated rings.